The number of amides is 1. The topological polar surface area (TPSA) is 94.3 Å². The minimum atomic E-state index is -0.413. The molecule has 2 aromatic carbocycles. The number of carbonyl (C=O) groups is 2. The lowest BCUT2D eigenvalue weighted by Gasteiger charge is -2.08. The first kappa shape index (κ1) is 20.4. The average molecular weight is 410 g/mol. The minimum Gasteiger partial charge on any atom is -0.465 e. The largest absolute Gasteiger partial charge is 0.465 e. The van der Waals surface area contributed by atoms with Gasteiger partial charge >= 0.3 is 5.97 Å². The predicted molar refractivity (Wildman–Crippen MR) is 113 cm³/mol. The zero-order valence-electron chi connectivity index (χ0n) is 15.8. The molecule has 0 fully saturated rings. The van der Waals surface area contributed by atoms with Crippen LogP contribution in [0.15, 0.2) is 60.7 Å². The maximum atomic E-state index is 12.3. The second-order valence-electron chi connectivity index (χ2n) is 6.41. The first-order valence-corrected chi connectivity index (χ1v) is 9.33. The number of aryl methyl sites for hydroxylation is 2. The molecule has 1 heterocycles. The lowest BCUT2D eigenvalue weighted by molar-refractivity contribution is 0.0600. The van der Waals surface area contributed by atoms with Gasteiger partial charge < -0.3 is 15.8 Å². The molecule has 0 saturated carbocycles. The van der Waals surface area contributed by atoms with Gasteiger partial charge in [0, 0.05) is 5.69 Å². The number of pyridine rings is 1. The Bertz CT molecular complexity index is 1020. The van der Waals surface area contributed by atoms with Gasteiger partial charge in [-0.1, -0.05) is 35.9 Å². The van der Waals surface area contributed by atoms with Gasteiger partial charge in [0.05, 0.1) is 18.4 Å². The van der Waals surface area contributed by atoms with E-state index in [0.29, 0.717) is 11.3 Å². The highest BCUT2D eigenvalue weighted by Gasteiger charge is 2.12. The van der Waals surface area contributed by atoms with E-state index in [9.17, 15) is 9.59 Å². The van der Waals surface area contributed by atoms with Crippen LogP contribution in [0.5, 0.6) is 0 Å². The van der Waals surface area contributed by atoms with E-state index < -0.39 is 5.91 Å². The van der Waals surface area contributed by atoms with Gasteiger partial charge in [0.1, 0.15) is 5.15 Å². The number of hydrogen-bond donors (Lipinski definition) is 2. The van der Waals surface area contributed by atoms with Crippen molar-refractivity contribution in [3.8, 4) is 0 Å². The Morgan fingerprint density at radius 2 is 1.55 bits per heavy atom. The fourth-order valence-electron chi connectivity index (χ4n) is 2.79. The van der Waals surface area contributed by atoms with Crippen molar-refractivity contribution in [2.75, 3.05) is 18.2 Å². The third-order valence-electron chi connectivity index (χ3n) is 4.40. The van der Waals surface area contributed by atoms with Crippen LogP contribution in [-0.4, -0.2) is 24.0 Å². The molecule has 3 rings (SSSR count). The molecule has 0 aliphatic carbocycles. The van der Waals surface area contributed by atoms with Crippen molar-refractivity contribution in [3.63, 3.8) is 0 Å². The molecule has 6 nitrogen and oxygen atoms in total. The number of nitrogens with one attached hydrogen (secondary N) is 1. The van der Waals surface area contributed by atoms with E-state index in [0.717, 1.165) is 24.0 Å². The van der Waals surface area contributed by atoms with E-state index in [-0.39, 0.29) is 22.5 Å². The molecule has 148 valence electrons. The molecule has 0 spiro atoms. The Kier molecular flexibility index (Phi) is 6.46. The van der Waals surface area contributed by atoms with Gasteiger partial charge in [0.25, 0.3) is 5.91 Å². The number of ether oxygens (including phenoxy) is 1. The summed E-state index contributed by atoms with van der Waals surface area (Å²) in [5.41, 5.74) is 9.57. The van der Waals surface area contributed by atoms with Gasteiger partial charge in [-0.05, 0) is 60.4 Å². The molecule has 29 heavy (non-hydrogen) atoms. The maximum Gasteiger partial charge on any atom is 0.337 e. The van der Waals surface area contributed by atoms with Gasteiger partial charge in [-0.3, -0.25) is 4.79 Å². The number of aromatic nitrogens is 1. The first-order valence-electron chi connectivity index (χ1n) is 8.96. The maximum absolute atomic E-state index is 12.3. The second kappa shape index (κ2) is 9.21. The van der Waals surface area contributed by atoms with Crippen LogP contribution < -0.4 is 11.1 Å². The van der Waals surface area contributed by atoms with Crippen molar-refractivity contribution in [2.24, 2.45) is 0 Å². The molecule has 0 unspecified atom stereocenters. The van der Waals surface area contributed by atoms with Gasteiger partial charge in [0.2, 0.25) is 0 Å². The number of methoxy groups -OCH3 is 1. The quantitative estimate of drug-likeness (QED) is 0.471. The second-order valence-corrected chi connectivity index (χ2v) is 6.80. The number of esters is 1. The summed E-state index contributed by atoms with van der Waals surface area (Å²) in [7, 11) is 1.36. The number of anilines is 2. The van der Waals surface area contributed by atoms with E-state index in [1.807, 2.05) is 36.4 Å². The molecule has 0 atom stereocenters. The zero-order chi connectivity index (χ0) is 20.8. The Labute approximate surface area is 173 Å². The lowest BCUT2D eigenvalue weighted by Crippen LogP contribution is -2.16. The number of hydrogen-bond acceptors (Lipinski definition) is 5. The summed E-state index contributed by atoms with van der Waals surface area (Å²) >= 11 is 5.83. The van der Waals surface area contributed by atoms with Crippen molar-refractivity contribution in [3.05, 3.63) is 88.2 Å². The SMILES string of the molecule is COC(=O)c1ccc(CCc2ccc(NC(=O)c3nc(Cl)ccc3N)cc2)cc1. The van der Waals surface area contributed by atoms with Gasteiger partial charge in [0.15, 0.2) is 5.69 Å². The number of nitrogen functional groups attached to an aromatic ring is 1. The Balaban J connectivity index is 1.58. The number of benzene rings is 2. The molecule has 7 heteroatoms. The average Bonchev–Trinajstić information content (AvgIpc) is 2.74. The van der Waals surface area contributed by atoms with Crippen LogP contribution in [-0.2, 0) is 17.6 Å². The molecule has 0 aliphatic rings. The normalized spacial score (nSPS) is 10.4. The van der Waals surface area contributed by atoms with Crippen LogP contribution in [0.1, 0.15) is 32.0 Å². The van der Waals surface area contributed by atoms with Crippen molar-refractivity contribution in [1.29, 1.82) is 0 Å². The molecule has 0 bridgehead atoms. The van der Waals surface area contributed by atoms with Gasteiger partial charge in [-0.25, -0.2) is 9.78 Å². The number of halogens is 1. The molecule has 3 N–H and O–H groups in total. The third kappa shape index (κ3) is 5.33. The molecule has 1 amide bonds. The van der Waals surface area contributed by atoms with Crippen molar-refractivity contribution >= 4 is 34.9 Å². The molecule has 1 aromatic heterocycles. The summed E-state index contributed by atoms with van der Waals surface area (Å²) in [6, 6.07) is 18.0. The molecule has 0 saturated heterocycles. The highest BCUT2D eigenvalue weighted by molar-refractivity contribution is 6.29. The smallest absolute Gasteiger partial charge is 0.337 e. The van der Waals surface area contributed by atoms with Crippen molar-refractivity contribution in [2.45, 2.75) is 12.8 Å². The third-order valence-corrected chi connectivity index (χ3v) is 4.61. The minimum absolute atomic E-state index is 0.0944. The fraction of sp³-hybridized carbons (Fsp3) is 0.136. The first-order chi connectivity index (χ1) is 14.0. The van der Waals surface area contributed by atoms with E-state index in [2.05, 4.69) is 10.3 Å². The highest BCUT2D eigenvalue weighted by atomic mass is 35.5. The Morgan fingerprint density at radius 1 is 0.966 bits per heavy atom. The lowest BCUT2D eigenvalue weighted by atomic mass is 10.0. The van der Waals surface area contributed by atoms with Crippen LogP contribution in [0.2, 0.25) is 5.15 Å². The van der Waals surface area contributed by atoms with Gasteiger partial charge in [-0.2, -0.15) is 0 Å². The summed E-state index contributed by atoms with van der Waals surface area (Å²) in [5.74, 6) is -0.757. The number of nitrogens with two attached hydrogens (primary N) is 1. The monoisotopic (exact) mass is 409 g/mol. The van der Waals surface area contributed by atoms with Crippen LogP contribution in [0.4, 0.5) is 11.4 Å². The zero-order valence-corrected chi connectivity index (χ0v) is 16.6. The summed E-state index contributed by atoms with van der Waals surface area (Å²) in [5, 5.41) is 2.97. The van der Waals surface area contributed by atoms with E-state index in [1.54, 1.807) is 18.2 Å². The summed E-state index contributed by atoms with van der Waals surface area (Å²) in [4.78, 5) is 27.8. The van der Waals surface area contributed by atoms with Crippen LogP contribution in [0.3, 0.4) is 0 Å². The Hall–Kier alpha value is -3.38. The fourth-order valence-corrected chi connectivity index (χ4v) is 2.93. The van der Waals surface area contributed by atoms with E-state index in [4.69, 9.17) is 22.1 Å². The predicted octanol–water partition coefficient (Wildman–Crippen LogP) is 4.14. The van der Waals surface area contributed by atoms with Gasteiger partial charge in [-0.15, -0.1) is 0 Å². The summed E-state index contributed by atoms with van der Waals surface area (Å²) in [6.07, 6.45) is 1.66. The van der Waals surface area contributed by atoms with Crippen LogP contribution in [0, 0.1) is 0 Å². The molecular weight excluding hydrogens is 390 g/mol. The standard InChI is InChI=1S/C22H20ClN3O3/c1-29-22(28)16-8-4-14(5-9-16)2-3-15-6-10-17(11-7-15)25-21(27)20-18(24)12-13-19(23)26-20/h4-13H,2-3,24H2,1H3,(H,25,27). The molecular formula is C22H20ClN3O3. The number of carbonyl (C=O) groups excluding carboxylic acids is 2. The molecule has 0 aliphatic heterocycles. The number of rotatable bonds is 6. The highest BCUT2D eigenvalue weighted by Crippen LogP contribution is 2.17. The van der Waals surface area contributed by atoms with Crippen molar-refractivity contribution in [1.82, 2.24) is 4.98 Å². The van der Waals surface area contributed by atoms with E-state index in [1.165, 1.54) is 13.2 Å². The van der Waals surface area contributed by atoms with Crippen LogP contribution >= 0.6 is 11.6 Å². The molecule has 0 radical (unpaired) electrons. The molecule has 3 aromatic rings. The summed E-state index contributed by atoms with van der Waals surface area (Å²) in [6.45, 7) is 0. The Morgan fingerprint density at radius 3 is 2.14 bits per heavy atom. The van der Waals surface area contributed by atoms with Crippen LogP contribution in [0.25, 0.3) is 0 Å². The van der Waals surface area contributed by atoms with E-state index >= 15 is 0 Å². The number of nitrogens with zero attached hydrogens (tertiary/aromatic N) is 1. The van der Waals surface area contributed by atoms with Crippen molar-refractivity contribution < 1.29 is 14.3 Å². The summed E-state index contributed by atoms with van der Waals surface area (Å²) < 4.78 is 4.70.